The smallest absolute Gasteiger partial charge is 0.407 e. The van der Waals surface area contributed by atoms with Gasteiger partial charge in [-0.3, -0.25) is 0 Å². The number of aliphatic hydroxyl groups is 8. The lowest BCUT2D eigenvalue weighted by atomic mass is 9.51. The van der Waals surface area contributed by atoms with Gasteiger partial charge in [0.15, 0.2) is 0 Å². The largest absolute Gasteiger partial charge is 0.450 e. The third kappa shape index (κ3) is 15.5. The maximum atomic E-state index is 13.6. The molecule has 20 heteroatoms. The number of hydrogen-bond donors (Lipinski definition) is 10. The summed E-state index contributed by atoms with van der Waals surface area (Å²) in [6.07, 6.45) is 22.5. The Kier molecular flexibility index (Phi) is 27.8. The maximum Gasteiger partial charge on any atom is 0.407 e. The average Bonchev–Trinajstić information content (AvgIpc) is 0.708. The van der Waals surface area contributed by atoms with E-state index in [1.54, 1.807) is 41.5 Å². The van der Waals surface area contributed by atoms with E-state index in [4.69, 9.17) is 37.9 Å². The van der Waals surface area contributed by atoms with Crippen LogP contribution >= 0.6 is 0 Å². The molecule has 0 radical (unpaired) electrons. The summed E-state index contributed by atoms with van der Waals surface area (Å²) in [6.45, 7) is 24.9. The molecule has 3 saturated heterocycles. The van der Waals surface area contributed by atoms with Crippen LogP contribution in [0.15, 0.2) is 0 Å². The van der Waals surface area contributed by atoms with Gasteiger partial charge in [-0.2, -0.15) is 0 Å². The number of hydrogen-bond acceptors (Lipinski definition) is 18. The van der Waals surface area contributed by atoms with E-state index in [9.17, 15) is 50.4 Å². The van der Waals surface area contributed by atoms with Crippen molar-refractivity contribution in [3.05, 3.63) is 0 Å². The van der Waals surface area contributed by atoms with Crippen LogP contribution in [-0.2, 0) is 37.9 Å². The van der Waals surface area contributed by atoms with Gasteiger partial charge < -0.3 is 89.4 Å². The number of ether oxygens (including phenoxy) is 8. The van der Waals surface area contributed by atoms with Crippen LogP contribution in [0.3, 0.4) is 0 Å². The lowest BCUT2D eigenvalue weighted by molar-refractivity contribution is -0.417. The molecule has 3 rings (SSSR count). The van der Waals surface area contributed by atoms with E-state index in [2.05, 4.69) is 17.6 Å². The van der Waals surface area contributed by atoms with E-state index in [1.807, 2.05) is 6.92 Å². The first-order valence-corrected chi connectivity index (χ1v) is 32.8. The van der Waals surface area contributed by atoms with Crippen LogP contribution in [0.1, 0.15) is 253 Å². The van der Waals surface area contributed by atoms with Crippen LogP contribution in [0.4, 0.5) is 9.59 Å². The van der Waals surface area contributed by atoms with E-state index in [0.717, 1.165) is 38.5 Å². The third-order valence-corrected chi connectivity index (χ3v) is 23.0. The average molecular weight is 1240 g/mol. The summed E-state index contributed by atoms with van der Waals surface area (Å²) in [5.41, 5.74) is -27.4. The van der Waals surface area contributed by atoms with E-state index in [-0.39, 0.29) is 13.2 Å². The van der Waals surface area contributed by atoms with E-state index in [1.165, 1.54) is 153 Å². The third-order valence-electron chi connectivity index (χ3n) is 23.0. The quantitative estimate of drug-likeness (QED) is 0.0258. The van der Waals surface area contributed by atoms with Crippen molar-refractivity contribution >= 4 is 12.2 Å². The lowest BCUT2D eigenvalue weighted by Crippen LogP contribution is -2.85. The Hall–Kier alpha value is -2.02. The van der Waals surface area contributed by atoms with Crippen molar-refractivity contribution in [2.24, 2.45) is 10.8 Å². The van der Waals surface area contributed by atoms with Gasteiger partial charge in [0, 0.05) is 25.6 Å². The molecule has 0 aromatic heterocycles. The first-order chi connectivity index (χ1) is 39.6. The van der Waals surface area contributed by atoms with Crippen LogP contribution in [0.25, 0.3) is 0 Å². The highest BCUT2D eigenvalue weighted by atomic mass is 16.6. The fourth-order valence-electron chi connectivity index (χ4n) is 14.1. The van der Waals surface area contributed by atoms with Crippen molar-refractivity contribution in [2.75, 3.05) is 73.1 Å². The highest BCUT2D eigenvalue weighted by Gasteiger charge is 2.77. The second kappa shape index (κ2) is 30.6. The molecule has 0 saturated carbocycles. The first kappa shape index (κ1) is 78.2. The molecule has 3 fully saturated rings. The topological polar surface area (TPSA) is 294 Å². The summed E-state index contributed by atoms with van der Waals surface area (Å²) in [5, 5.41) is 103. The summed E-state index contributed by atoms with van der Waals surface area (Å²) in [7, 11) is 1.41. The molecular weight excluding hydrogens is 1110 g/mol. The molecule has 508 valence electrons. The number of unbranched alkanes of at least 4 members (excludes halogenated alkanes) is 18. The molecule has 0 aromatic rings. The number of alkyl carbamates (subject to hydrolysis) is 2. The molecule has 0 bridgehead atoms. The van der Waals surface area contributed by atoms with E-state index >= 15 is 0 Å². The van der Waals surface area contributed by atoms with Crippen molar-refractivity contribution in [2.45, 2.75) is 325 Å². The van der Waals surface area contributed by atoms with Gasteiger partial charge in [-0.1, -0.05) is 137 Å². The molecule has 0 aromatic carbocycles. The molecule has 20 nitrogen and oxygen atoms in total. The molecule has 3 aliphatic rings. The van der Waals surface area contributed by atoms with Crippen LogP contribution in [0, 0.1) is 10.8 Å². The molecule has 0 aliphatic carbocycles. The molecular formula is C66H126N2O18. The summed E-state index contributed by atoms with van der Waals surface area (Å²) in [6, 6.07) is 0. The van der Waals surface area contributed by atoms with Gasteiger partial charge in [0.1, 0.15) is 73.8 Å². The molecule has 10 N–H and O–H groups in total. The first-order valence-electron chi connectivity index (χ1n) is 32.8. The van der Waals surface area contributed by atoms with Gasteiger partial charge in [-0.15, -0.1) is 0 Å². The van der Waals surface area contributed by atoms with Crippen molar-refractivity contribution in [3.8, 4) is 0 Å². The molecule has 3 aliphatic heterocycles. The fourth-order valence-corrected chi connectivity index (χ4v) is 14.1. The van der Waals surface area contributed by atoms with E-state index < -0.39 is 135 Å². The highest BCUT2D eigenvalue weighted by Crippen LogP contribution is 2.62. The normalized spacial score (nSPS) is 40.8. The number of methoxy groups -OCH3 is 1. The Morgan fingerprint density at radius 3 is 1.08 bits per heavy atom. The molecule has 15 atom stereocenters. The standard InChI is InChI=1S/C66H126N2O18/c1-19-21-22-23-24-25-26-27-28-29-30-31-32-33-36-39-42-82-50(70)67-40-37-34-35-38-41-68-51(71)83-49-55(6)53(4,44-80-46-57(8)62(13,74)60(11,72)52(3,20-2)54(5,43-69)84-57)61(12,73)63(14,75)58(9,85-55)47-81-48-59(10)65(16,77)66(17,78)64(15,76)56(7,86-59)45-79-18/h69,72-78H,19-49H2,1-18H3,(H,67,70)(H,68,71). The summed E-state index contributed by atoms with van der Waals surface area (Å²) in [4.78, 5) is 25.9. The number of amides is 2. The zero-order valence-corrected chi connectivity index (χ0v) is 57.1. The predicted octanol–water partition coefficient (Wildman–Crippen LogP) is 9.26. The maximum absolute atomic E-state index is 13.6. The number of carbonyl (C=O) groups is 2. The molecule has 0 spiro atoms. The van der Waals surface area contributed by atoms with Crippen LogP contribution in [-0.4, -0.2) is 199 Å². The summed E-state index contributed by atoms with van der Waals surface area (Å²) in [5.74, 6) is 0. The lowest BCUT2D eigenvalue weighted by Gasteiger charge is -2.68. The molecule has 15 unspecified atom stereocenters. The van der Waals surface area contributed by atoms with Crippen LogP contribution in [0.5, 0.6) is 0 Å². The van der Waals surface area contributed by atoms with Gasteiger partial charge >= 0.3 is 12.2 Å². The molecule has 3 heterocycles. The minimum atomic E-state index is -2.23. The Bertz CT molecular complexity index is 2090. The van der Waals surface area contributed by atoms with Crippen molar-refractivity contribution < 1.29 is 88.3 Å². The second-order valence-electron chi connectivity index (χ2n) is 29.1. The highest BCUT2D eigenvalue weighted by molar-refractivity contribution is 5.67. The van der Waals surface area contributed by atoms with E-state index in [0.29, 0.717) is 26.0 Å². The number of carbonyl (C=O) groups excluding carboxylic acids is 2. The van der Waals surface area contributed by atoms with Crippen molar-refractivity contribution in [1.82, 2.24) is 10.6 Å². The summed E-state index contributed by atoms with van der Waals surface area (Å²) >= 11 is 0. The number of aliphatic hydroxyl groups excluding tert-OH is 1. The van der Waals surface area contributed by atoms with Crippen molar-refractivity contribution in [1.29, 1.82) is 0 Å². The Labute approximate surface area is 518 Å². The second-order valence-corrected chi connectivity index (χ2v) is 29.1. The van der Waals surface area contributed by atoms with Gasteiger partial charge in [-0.05, 0) is 116 Å². The molecule has 2 amide bonds. The summed E-state index contributed by atoms with van der Waals surface area (Å²) < 4.78 is 49.7. The number of nitrogens with one attached hydrogen (secondary N) is 2. The van der Waals surface area contributed by atoms with Gasteiger partial charge in [-0.25, -0.2) is 9.59 Å². The van der Waals surface area contributed by atoms with Crippen molar-refractivity contribution in [3.63, 3.8) is 0 Å². The minimum absolute atomic E-state index is 0.176. The predicted molar refractivity (Wildman–Crippen MR) is 332 cm³/mol. The minimum Gasteiger partial charge on any atom is -0.450 e. The Morgan fingerprint density at radius 2 is 0.686 bits per heavy atom. The van der Waals surface area contributed by atoms with Gasteiger partial charge in [0.2, 0.25) is 0 Å². The van der Waals surface area contributed by atoms with Crippen LogP contribution < -0.4 is 10.6 Å². The van der Waals surface area contributed by atoms with Crippen LogP contribution in [0.2, 0.25) is 0 Å². The van der Waals surface area contributed by atoms with Gasteiger partial charge in [0.25, 0.3) is 0 Å². The monoisotopic (exact) mass is 1230 g/mol. The molecule has 86 heavy (non-hydrogen) atoms. The Balaban J connectivity index is 1.66. The van der Waals surface area contributed by atoms with Gasteiger partial charge in [0.05, 0.1) is 57.3 Å². The Morgan fingerprint density at radius 1 is 0.360 bits per heavy atom. The fraction of sp³-hybridized carbons (Fsp3) is 0.970. The zero-order chi connectivity index (χ0) is 65.6. The number of rotatable bonds is 38. The SMILES string of the molecule is CCCCCCCCCCCCCCCCCCOC(=O)NCCCCCCNC(=O)OCC1(C)OC(C)(COCC2(C)OC(C)(COC)C(C)(O)C(C)(O)C2(C)O)C(C)(O)C(C)(O)C1(C)COCC1(C)OC(C)(CO)C(C)(CC)C(C)(O)C1(C)O. The zero-order valence-electron chi connectivity index (χ0n) is 57.1.